The monoisotopic (exact) mass is 313 g/mol. The normalized spacial score (nSPS) is 16.8. The Bertz CT molecular complexity index is 404. The molecule has 0 aromatic carbocycles. The van der Waals surface area contributed by atoms with Gasteiger partial charge in [0.1, 0.15) is 0 Å². The van der Waals surface area contributed by atoms with Crippen molar-refractivity contribution in [3.8, 4) is 0 Å². The molecule has 0 radical (unpaired) electrons. The molecule has 1 heterocycles. The average Bonchev–Trinajstić information content (AvgIpc) is 2.70. The summed E-state index contributed by atoms with van der Waals surface area (Å²) < 4.78 is 2.78. The third-order valence-corrected chi connectivity index (χ3v) is 4.39. The minimum Gasteiger partial charge on any atom is -0.340 e. The van der Waals surface area contributed by atoms with E-state index < -0.39 is 0 Å². The van der Waals surface area contributed by atoms with Crippen molar-refractivity contribution in [3.63, 3.8) is 0 Å². The molecule has 0 bridgehead atoms. The van der Waals surface area contributed by atoms with E-state index in [9.17, 15) is 4.79 Å². The predicted molar refractivity (Wildman–Crippen MR) is 74.0 cm³/mol. The third kappa shape index (κ3) is 2.94. The number of carbonyl (C=O) groups excluding carboxylic acids is 1. The molecular formula is C13H20BrN3O. The number of hydrogen-bond donors (Lipinski definition) is 0. The molecule has 18 heavy (non-hydrogen) atoms. The Morgan fingerprint density at radius 2 is 2.17 bits per heavy atom. The SMILES string of the molecule is CN(Cc1c(Br)cnn1C)C(=O)C1CCCCC1. The van der Waals surface area contributed by atoms with Crippen LogP contribution in [0.4, 0.5) is 0 Å². The van der Waals surface area contributed by atoms with Crippen molar-refractivity contribution in [1.82, 2.24) is 14.7 Å². The molecule has 1 amide bonds. The molecule has 0 N–H and O–H groups in total. The van der Waals surface area contributed by atoms with E-state index in [-0.39, 0.29) is 11.8 Å². The predicted octanol–water partition coefficient (Wildman–Crippen LogP) is 2.72. The van der Waals surface area contributed by atoms with Crippen LogP contribution in [0, 0.1) is 5.92 Å². The Balaban J connectivity index is 1.98. The van der Waals surface area contributed by atoms with E-state index in [1.807, 2.05) is 23.7 Å². The first-order valence-electron chi connectivity index (χ1n) is 6.51. The summed E-state index contributed by atoms with van der Waals surface area (Å²) in [4.78, 5) is 14.2. The molecule has 1 saturated carbocycles. The van der Waals surface area contributed by atoms with Gasteiger partial charge in [0.25, 0.3) is 0 Å². The van der Waals surface area contributed by atoms with Gasteiger partial charge in [0, 0.05) is 20.0 Å². The van der Waals surface area contributed by atoms with Crippen molar-refractivity contribution in [2.45, 2.75) is 38.6 Å². The number of aryl methyl sites for hydroxylation is 1. The van der Waals surface area contributed by atoms with Crippen LogP contribution in [0.1, 0.15) is 37.8 Å². The molecule has 100 valence electrons. The van der Waals surface area contributed by atoms with Crippen molar-refractivity contribution in [2.24, 2.45) is 13.0 Å². The summed E-state index contributed by atoms with van der Waals surface area (Å²) in [6.07, 6.45) is 7.54. The molecule has 0 aliphatic heterocycles. The Hall–Kier alpha value is -0.840. The van der Waals surface area contributed by atoms with Crippen LogP contribution in [-0.2, 0) is 18.4 Å². The van der Waals surface area contributed by atoms with Crippen molar-refractivity contribution >= 4 is 21.8 Å². The highest BCUT2D eigenvalue weighted by Gasteiger charge is 2.24. The summed E-state index contributed by atoms with van der Waals surface area (Å²) in [7, 11) is 3.79. The summed E-state index contributed by atoms with van der Waals surface area (Å²) in [5.74, 6) is 0.513. The molecular weight excluding hydrogens is 294 g/mol. The highest BCUT2D eigenvalue weighted by molar-refractivity contribution is 9.10. The van der Waals surface area contributed by atoms with Gasteiger partial charge in [-0.3, -0.25) is 9.48 Å². The van der Waals surface area contributed by atoms with Gasteiger partial charge in [-0.15, -0.1) is 0 Å². The second-order valence-electron chi connectivity index (χ2n) is 5.09. The maximum Gasteiger partial charge on any atom is 0.225 e. The highest BCUT2D eigenvalue weighted by Crippen LogP contribution is 2.26. The van der Waals surface area contributed by atoms with Gasteiger partial charge in [-0.05, 0) is 28.8 Å². The minimum absolute atomic E-state index is 0.232. The second kappa shape index (κ2) is 5.87. The van der Waals surface area contributed by atoms with Crippen molar-refractivity contribution in [3.05, 3.63) is 16.4 Å². The van der Waals surface area contributed by atoms with Crippen LogP contribution >= 0.6 is 15.9 Å². The van der Waals surface area contributed by atoms with Crippen LogP contribution in [0.2, 0.25) is 0 Å². The Kier molecular flexibility index (Phi) is 4.43. The number of rotatable bonds is 3. The van der Waals surface area contributed by atoms with Gasteiger partial charge < -0.3 is 4.90 Å². The average molecular weight is 314 g/mol. The summed E-state index contributed by atoms with van der Waals surface area (Å²) >= 11 is 3.47. The Labute approximate surface area is 116 Å². The first-order valence-corrected chi connectivity index (χ1v) is 7.30. The van der Waals surface area contributed by atoms with Gasteiger partial charge in [0.05, 0.1) is 22.9 Å². The van der Waals surface area contributed by atoms with Gasteiger partial charge in [0.15, 0.2) is 0 Å². The lowest BCUT2D eigenvalue weighted by Crippen LogP contribution is -2.34. The molecule has 0 atom stereocenters. The van der Waals surface area contributed by atoms with Crippen LogP contribution in [-0.4, -0.2) is 27.6 Å². The van der Waals surface area contributed by atoms with E-state index in [1.165, 1.54) is 19.3 Å². The molecule has 1 aromatic rings. The van der Waals surface area contributed by atoms with Crippen LogP contribution < -0.4 is 0 Å². The fourth-order valence-corrected chi connectivity index (χ4v) is 3.05. The number of nitrogens with zero attached hydrogens (tertiary/aromatic N) is 3. The van der Waals surface area contributed by atoms with Gasteiger partial charge in [-0.1, -0.05) is 19.3 Å². The lowest BCUT2D eigenvalue weighted by molar-refractivity contribution is -0.135. The lowest BCUT2D eigenvalue weighted by atomic mass is 9.88. The first kappa shape index (κ1) is 13.6. The molecule has 1 aliphatic rings. The summed E-state index contributed by atoms with van der Waals surface area (Å²) in [6, 6.07) is 0. The molecule has 5 heteroatoms. The van der Waals surface area contributed by atoms with E-state index in [0.29, 0.717) is 6.54 Å². The summed E-state index contributed by atoms with van der Waals surface area (Å²) in [5, 5.41) is 4.17. The van der Waals surface area contributed by atoms with Gasteiger partial charge in [-0.25, -0.2) is 0 Å². The first-order chi connectivity index (χ1) is 8.59. The summed E-state index contributed by atoms with van der Waals surface area (Å²) in [6.45, 7) is 0.617. The third-order valence-electron chi connectivity index (χ3n) is 3.73. The number of halogens is 1. The topological polar surface area (TPSA) is 38.1 Å². The molecule has 0 saturated heterocycles. The van der Waals surface area contributed by atoms with Crippen LogP contribution in [0.5, 0.6) is 0 Å². The molecule has 2 rings (SSSR count). The maximum absolute atomic E-state index is 12.3. The largest absolute Gasteiger partial charge is 0.340 e. The Morgan fingerprint density at radius 1 is 1.50 bits per heavy atom. The Morgan fingerprint density at radius 3 is 2.72 bits per heavy atom. The molecule has 0 spiro atoms. The zero-order valence-corrected chi connectivity index (χ0v) is 12.6. The quantitative estimate of drug-likeness (QED) is 0.860. The number of aromatic nitrogens is 2. The summed E-state index contributed by atoms with van der Waals surface area (Å²) in [5.41, 5.74) is 1.04. The lowest BCUT2D eigenvalue weighted by Gasteiger charge is -2.26. The van der Waals surface area contributed by atoms with Crippen LogP contribution in [0.15, 0.2) is 10.7 Å². The second-order valence-corrected chi connectivity index (χ2v) is 5.95. The molecule has 1 aliphatic carbocycles. The number of amides is 1. The molecule has 0 unspecified atom stereocenters. The van der Waals surface area contributed by atoms with Gasteiger partial charge in [-0.2, -0.15) is 5.10 Å². The smallest absolute Gasteiger partial charge is 0.225 e. The molecule has 1 fully saturated rings. The molecule has 1 aromatic heterocycles. The van der Waals surface area contributed by atoms with Crippen molar-refractivity contribution in [1.29, 1.82) is 0 Å². The fraction of sp³-hybridized carbons (Fsp3) is 0.692. The van der Waals surface area contributed by atoms with Gasteiger partial charge >= 0.3 is 0 Å². The van der Waals surface area contributed by atoms with Crippen molar-refractivity contribution in [2.75, 3.05) is 7.05 Å². The van der Waals surface area contributed by atoms with E-state index in [0.717, 1.165) is 23.0 Å². The van der Waals surface area contributed by atoms with E-state index in [2.05, 4.69) is 21.0 Å². The number of carbonyl (C=O) groups is 1. The molecule has 4 nitrogen and oxygen atoms in total. The standard InChI is InChI=1S/C13H20BrN3O/c1-16(9-12-11(14)8-15-17(12)2)13(18)10-6-4-3-5-7-10/h8,10H,3-7,9H2,1-2H3. The van der Waals surface area contributed by atoms with Crippen LogP contribution in [0.25, 0.3) is 0 Å². The zero-order chi connectivity index (χ0) is 13.1. The zero-order valence-electron chi connectivity index (χ0n) is 11.0. The van der Waals surface area contributed by atoms with E-state index in [4.69, 9.17) is 0 Å². The van der Waals surface area contributed by atoms with Crippen molar-refractivity contribution < 1.29 is 4.79 Å². The minimum atomic E-state index is 0.232. The highest BCUT2D eigenvalue weighted by atomic mass is 79.9. The van der Waals surface area contributed by atoms with E-state index in [1.54, 1.807) is 6.20 Å². The maximum atomic E-state index is 12.3. The fourth-order valence-electron chi connectivity index (χ4n) is 2.58. The number of hydrogen-bond acceptors (Lipinski definition) is 2. The van der Waals surface area contributed by atoms with Gasteiger partial charge in [0.2, 0.25) is 5.91 Å². The van der Waals surface area contributed by atoms with Crippen LogP contribution in [0.3, 0.4) is 0 Å². The van der Waals surface area contributed by atoms with E-state index >= 15 is 0 Å².